The highest BCUT2D eigenvalue weighted by molar-refractivity contribution is 9.10. The van der Waals surface area contributed by atoms with E-state index in [9.17, 15) is 0 Å². The number of fused-ring (bicyclic) bond motifs is 1. The van der Waals surface area contributed by atoms with E-state index in [1.54, 1.807) is 11.3 Å². The average molecular weight is 501 g/mol. The summed E-state index contributed by atoms with van der Waals surface area (Å²) in [7, 11) is 0. The first-order valence-electron chi connectivity index (χ1n) is 7.23. The van der Waals surface area contributed by atoms with Gasteiger partial charge in [0.05, 0.1) is 15.9 Å². The molecule has 0 aliphatic carbocycles. The number of aromatic nitrogens is 3. The van der Waals surface area contributed by atoms with Crippen molar-refractivity contribution in [1.29, 1.82) is 0 Å². The molecule has 4 rings (SSSR count). The maximum absolute atomic E-state index is 5.92. The molecule has 4 aromatic rings. The predicted molar refractivity (Wildman–Crippen MR) is 114 cm³/mol. The Labute approximate surface area is 172 Å². The molecule has 8 heteroatoms. The topological polar surface area (TPSA) is 42.2 Å². The van der Waals surface area contributed by atoms with Gasteiger partial charge in [0.1, 0.15) is 5.69 Å². The molecule has 0 aliphatic rings. The molecule has 0 fully saturated rings. The molecule has 4 nitrogen and oxygen atoms in total. The third-order valence-electron chi connectivity index (χ3n) is 3.62. The first kappa shape index (κ1) is 18.4. The zero-order valence-electron chi connectivity index (χ0n) is 13.0. The monoisotopic (exact) mass is 498 g/mol. The van der Waals surface area contributed by atoms with Crippen LogP contribution in [0.5, 0.6) is 0 Å². The van der Waals surface area contributed by atoms with E-state index in [2.05, 4.69) is 30.6 Å². The van der Waals surface area contributed by atoms with Crippen molar-refractivity contribution in [2.75, 3.05) is 5.32 Å². The summed E-state index contributed by atoms with van der Waals surface area (Å²) < 4.78 is 3.02. The number of benzene rings is 1. The molecular formula is C17H13Br2ClN4S. The van der Waals surface area contributed by atoms with Crippen molar-refractivity contribution in [3.63, 3.8) is 0 Å². The quantitative estimate of drug-likeness (QED) is 0.349. The van der Waals surface area contributed by atoms with Gasteiger partial charge in [-0.15, -0.1) is 28.3 Å². The molecule has 0 saturated heterocycles. The third-order valence-corrected chi connectivity index (χ3v) is 5.25. The van der Waals surface area contributed by atoms with Crippen LogP contribution in [0.15, 0.2) is 52.4 Å². The molecule has 1 aromatic carbocycles. The van der Waals surface area contributed by atoms with Crippen molar-refractivity contribution >= 4 is 72.3 Å². The Hall–Kier alpha value is -1.41. The van der Waals surface area contributed by atoms with E-state index >= 15 is 0 Å². The smallest absolute Gasteiger partial charge is 0.187 e. The van der Waals surface area contributed by atoms with Crippen LogP contribution in [0.3, 0.4) is 0 Å². The maximum atomic E-state index is 5.92. The number of aryl methyl sites for hydroxylation is 1. The molecule has 0 aliphatic heterocycles. The number of hydrogen-bond acceptors (Lipinski definition) is 4. The lowest BCUT2D eigenvalue weighted by Crippen LogP contribution is -1.92. The van der Waals surface area contributed by atoms with E-state index in [-0.39, 0.29) is 17.0 Å². The Morgan fingerprint density at radius 3 is 2.68 bits per heavy atom. The molecule has 25 heavy (non-hydrogen) atoms. The van der Waals surface area contributed by atoms with Crippen molar-refractivity contribution < 1.29 is 0 Å². The van der Waals surface area contributed by atoms with Crippen LogP contribution in [-0.4, -0.2) is 14.4 Å². The zero-order chi connectivity index (χ0) is 16.7. The van der Waals surface area contributed by atoms with Crippen LogP contribution in [0, 0.1) is 6.92 Å². The summed E-state index contributed by atoms with van der Waals surface area (Å²) >= 11 is 11.0. The van der Waals surface area contributed by atoms with Crippen LogP contribution in [0.25, 0.3) is 17.0 Å². The number of anilines is 2. The summed E-state index contributed by atoms with van der Waals surface area (Å²) in [6, 6.07) is 11.5. The fraction of sp³-hybridized carbons (Fsp3) is 0.0588. The van der Waals surface area contributed by atoms with Crippen LogP contribution in [0.2, 0.25) is 5.02 Å². The fourth-order valence-corrected chi connectivity index (χ4v) is 3.83. The van der Waals surface area contributed by atoms with E-state index in [1.165, 1.54) is 0 Å². The Morgan fingerprint density at radius 1 is 1.16 bits per heavy atom. The third kappa shape index (κ3) is 3.60. The van der Waals surface area contributed by atoms with Gasteiger partial charge in [-0.3, -0.25) is 4.40 Å². The largest absolute Gasteiger partial charge is 0.332 e. The Bertz CT molecular complexity index is 1030. The van der Waals surface area contributed by atoms with Crippen molar-refractivity contribution in [1.82, 2.24) is 14.4 Å². The molecule has 0 radical (unpaired) electrons. The van der Waals surface area contributed by atoms with Gasteiger partial charge in [-0.05, 0) is 59.3 Å². The van der Waals surface area contributed by atoms with Crippen molar-refractivity contribution in [2.45, 2.75) is 6.92 Å². The van der Waals surface area contributed by atoms with Crippen LogP contribution in [0.4, 0.5) is 10.8 Å². The summed E-state index contributed by atoms with van der Waals surface area (Å²) in [5, 5.41) is 6.88. The minimum absolute atomic E-state index is 0. The van der Waals surface area contributed by atoms with Crippen LogP contribution in [-0.2, 0) is 0 Å². The van der Waals surface area contributed by atoms with Crippen molar-refractivity contribution in [2.24, 2.45) is 0 Å². The van der Waals surface area contributed by atoms with Crippen LogP contribution < -0.4 is 5.32 Å². The van der Waals surface area contributed by atoms with Gasteiger partial charge in [-0.25, -0.2) is 9.97 Å². The molecule has 0 amide bonds. The number of rotatable bonds is 3. The Balaban J connectivity index is 0.00000182. The number of thiazole rings is 1. The van der Waals surface area contributed by atoms with Gasteiger partial charge in [0, 0.05) is 22.3 Å². The molecule has 3 aromatic heterocycles. The normalized spacial score (nSPS) is 10.7. The average Bonchev–Trinajstić information content (AvgIpc) is 3.14. The fourth-order valence-electron chi connectivity index (χ4n) is 2.55. The molecule has 3 heterocycles. The molecule has 128 valence electrons. The van der Waals surface area contributed by atoms with Crippen molar-refractivity contribution in [3.8, 4) is 11.4 Å². The second-order valence-corrected chi connectivity index (χ2v) is 7.41. The molecule has 1 N–H and O–H groups in total. The number of imidazole rings is 1. The maximum Gasteiger partial charge on any atom is 0.187 e. The summed E-state index contributed by atoms with van der Waals surface area (Å²) in [5.41, 5.74) is 4.71. The summed E-state index contributed by atoms with van der Waals surface area (Å²) in [4.78, 5) is 9.35. The van der Waals surface area contributed by atoms with Gasteiger partial charge in [0.25, 0.3) is 0 Å². The minimum atomic E-state index is 0. The van der Waals surface area contributed by atoms with Gasteiger partial charge in [0.15, 0.2) is 10.8 Å². The van der Waals surface area contributed by atoms with E-state index in [1.807, 2.05) is 54.9 Å². The molecule has 0 spiro atoms. The summed E-state index contributed by atoms with van der Waals surface area (Å²) in [6.07, 6.45) is 2.00. The molecule has 0 saturated carbocycles. The van der Waals surface area contributed by atoms with E-state index in [0.717, 1.165) is 38.0 Å². The number of halogens is 3. The van der Waals surface area contributed by atoms with E-state index in [4.69, 9.17) is 16.6 Å². The first-order valence-corrected chi connectivity index (χ1v) is 9.28. The van der Waals surface area contributed by atoms with E-state index in [0.29, 0.717) is 5.02 Å². The van der Waals surface area contributed by atoms with Gasteiger partial charge in [-0.2, -0.15) is 0 Å². The van der Waals surface area contributed by atoms with Gasteiger partial charge in [0.2, 0.25) is 0 Å². The SMILES string of the molecule is Br.Cc1nc2c(Br)cccn2c1-c1csc(Nc2ccc(Cl)cc2)n1. The lowest BCUT2D eigenvalue weighted by Gasteiger charge is -2.02. The second-order valence-electron chi connectivity index (χ2n) is 5.27. The van der Waals surface area contributed by atoms with E-state index < -0.39 is 0 Å². The highest BCUT2D eigenvalue weighted by atomic mass is 79.9. The lowest BCUT2D eigenvalue weighted by atomic mass is 10.3. The zero-order valence-corrected chi connectivity index (χ0v) is 17.9. The van der Waals surface area contributed by atoms with Crippen LogP contribution in [0.1, 0.15) is 5.69 Å². The molecule has 0 bridgehead atoms. The molecule has 0 unspecified atom stereocenters. The minimum Gasteiger partial charge on any atom is -0.332 e. The van der Waals surface area contributed by atoms with Gasteiger partial charge in [-0.1, -0.05) is 11.6 Å². The molecular weight excluding hydrogens is 488 g/mol. The lowest BCUT2D eigenvalue weighted by molar-refractivity contribution is 1.17. The number of hydrogen-bond donors (Lipinski definition) is 1. The Morgan fingerprint density at radius 2 is 1.92 bits per heavy atom. The number of nitrogens with one attached hydrogen (secondary N) is 1. The predicted octanol–water partition coefficient (Wildman–Crippen LogP) is 6.50. The molecule has 0 atom stereocenters. The Kier molecular flexibility index (Phi) is 5.48. The van der Waals surface area contributed by atoms with Gasteiger partial charge < -0.3 is 5.32 Å². The van der Waals surface area contributed by atoms with Crippen LogP contribution >= 0.6 is 55.8 Å². The standard InChI is InChI=1S/C17H12BrClN4S.BrH/c1-10-15(23-8-2-3-13(18)16(23)20-10)14-9-24-17(22-14)21-12-6-4-11(19)5-7-12;/h2-9H,1H3,(H,21,22);1H. The van der Waals surface area contributed by atoms with Gasteiger partial charge >= 0.3 is 0 Å². The number of nitrogens with zero attached hydrogens (tertiary/aromatic N) is 3. The first-order chi connectivity index (χ1) is 11.6. The summed E-state index contributed by atoms with van der Waals surface area (Å²) in [5.74, 6) is 0. The highest BCUT2D eigenvalue weighted by Crippen LogP contribution is 2.31. The van der Waals surface area contributed by atoms with Crippen molar-refractivity contribution in [3.05, 3.63) is 63.2 Å². The summed E-state index contributed by atoms with van der Waals surface area (Å²) in [6.45, 7) is 2.00. The second kappa shape index (κ2) is 7.45. The highest BCUT2D eigenvalue weighted by Gasteiger charge is 2.15. The number of pyridine rings is 1.